The normalized spacial score (nSPS) is 15.9. The lowest BCUT2D eigenvalue weighted by atomic mass is 9.97. The Morgan fingerprint density at radius 2 is 1.96 bits per heavy atom. The van der Waals surface area contributed by atoms with Gasteiger partial charge in [-0.05, 0) is 45.7 Å². The third-order valence-electron chi connectivity index (χ3n) is 5.25. The SMILES string of the molecule is CC(C)(C)N(C(=O)O)C1CCN(C(=O)CCn2ccc3ccncc32)CC1. The number of carbonyl (C=O) groups excluding carboxylic acids is 1. The van der Waals surface area contributed by atoms with Crippen molar-refractivity contribution in [3.63, 3.8) is 0 Å². The van der Waals surface area contributed by atoms with E-state index in [9.17, 15) is 14.7 Å². The Hall–Kier alpha value is -2.57. The molecule has 7 nitrogen and oxygen atoms in total. The molecule has 1 aliphatic rings. The first kappa shape index (κ1) is 19.2. The first-order chi connectivity index (χ1) is 12.8. The van der Waals surface area contributed by atoms with E-state index in [1.165, 1.54) is 4.90 Å². The van der Waals surface area contributed by atoms with Crippen LogP contribution in [-0.4, -0.2) is 61.1 Å². The first-order valence-corrected chi connectivity index (χ1v) is 9.46. The van der Waals surface area contributed by atoms with Crippen molar-refractivity contribution in [1.82, 2.24) is 19.4 Å². The van der Waals surface area contributed by atoms with Crippen molar-refractivity contribution in [2.75, 3.05) is 13.1 Å². The average Bonchev–Trinajstić information content (AvgIpc) is 3.02. The lowest BCUT2D eigenvalue weighted by Crippen LogP contribution is -2.55. The lowest BCUT2D eigenvalue weighted by molar-refractivity contribution is -0.133. The lowest BCUT2D eigenvalue weighted by Gasteiger charge is -2.43. The fourth-order valence-electron chi connectivity index (χ4n) is 3.96. The van der Waals surface area contributed by atoms with Crippen molar-refractivity contribution in [3.8, 4) is 0 Å². The molecule has 3 rings (SSSR count). The van der Waals surface area contributed by atoms with E-state index in [-0.39, 0.29) is 11.9 Å². The van der Waals surface area contributed by atoms with Crippen molar-refractivity contribution < 1.29 is 14.7 Å². The van der Waals surface area contributed by atoms with Gasteiger partial charge in [-0.15, -0.1) is 0 Å². The molecule has 2 aromatic heterocycles. The van der Waals surface area contributed by atoms with Crippen LogP contribution in [0.25, 0.3) is 10.9 Å². The summed E-state index contributed by atoms with van der Waals surface area (Å²) in [5.74, 6) is 0.122. The number of aromatic nitrogens is 2. The molecule has 1 aliphatic heterocycles. The number of hydrogen-bond donors (Lipinski definition) is 1. The van der Waals surface area contributed by atoms with Crippen LogP contribution in [0.2, 0.25) is 0 Å². The molecule has 0 bridgehead atoms. The molecule has 7 heteroatoms. The van der Waals surface area contributed by atoms with Crippen LogP contribution in [0.4, 0.5) is 4.79 Å². The summed E-state index contributed by atoms with van der Waals surface area (Å²) in [6, 6.07) is 3.95. The summed E-state index contributed by atoms with van der Waals surface area (Å²) in [7, 11) is 0. The molecule has 0 spiro atoms. The number of carboxylic acid groups (broad SMARTS) is 1. The second kappa shape index (κ2) is 7.58. The summed E-state index contributed by atoms with van der Waals surface area (Å²) in [6.45, 7) is 7.57. The number of piperidine rings is 1. The van der Waals surface area contributed by atoms with Crippen LogP contribution in [0.15, 0.2) is 30.7 Å². The Morgan fingerprint density at radius 1 is 1.26 bits per heavy atom. The third kappa shape index (κ3) is 4.23. The fourth-order valence-corrected chi connectivity index (χ4v) is 3.96. The van der Waals surface area contributed by atoms with E-state index in [2.05, 4.69) is 9.55 Å². The predicted octanol–water partition coefficient (Wildman–Crippen LogP) is 3.20. The summed E-state index contributed by atoms with van der Waals surface area (Å²) in [5, 5.41) is 10.7. The Labute approximate surface area is 159 Å². The van der Waals surface area contributed by atoms with Crippen LogP contribution < -0.4 is 0 Å². The topological polar surface area (TPSA) is 78.7 Å². The van der Waals surface area contributed by atoms with Crippen LogP contribution in [0.5, 0.6) is 0 Å². The minimum atomic E-state index is -0.889. The smallest absolute Gasteiger partial charge is 0.407 e. The summed E-state index contributed by atoms with van der Waals surface area (Å²) in [4.78, 5) is 31.8. The van der Waals surface area contributed by atoms with Crippen molar-refractivity contribution in [3.05, 3.63) is 30.7 Å². The van der Waals surface area contributed by atoms with Gasteiger partial charge in [-0.2, -0.15) is 0 Å². The highest BCUT2D eigenvalue weighted by molar-refractivity contribution is 5.80. The molecule has 3 heterocycles. The number of aryl methyl sites for hydroxylation is 1. The van der Waals surface area contributed by atoms with Gasteiger partial charge in [0.25, 0.3) is 0 Å². The second-order valence-corrected chi connectivity index (χ2v) is 8.13. The summed E-state index contributed by atoms with van der Waals surface area (Å²) in [6.07, 6.45) is 6.49. The number of nitrogens with zero attached hydrogens (tertiary/aromatic N) is 4. The zero-order chi connectivity index (χ0) is 19.6. The van der Waals surface area contributed by atoms with E-state index < -0.39 is 11.6 Å². The molecule has 0 aromatic carbocycles. The fraction of sp³-hybridized carbons (Fsp3) is 0.550. The Bertz CT molecular complexity index is 816. The van der Waals surface area contributed by atoms with Gasteiger partial charge in [0.2, 0.25) is 5.91 Å². The van der Waals surface area contributed by atoms with Crippen LogP contribution in [0.3, 0.4) is 0 Å². The first-order valence-electron chi connectivity index (χ1n) is 9.46. The summed E-state index contributed by atoms with van der Waals surface area (Å²) < 4.78 is 2.05. The van der Waals surface area contributed by atoms with Crippen molar-refractivity contribution in [2.45, 2.75) is 58.2 Å². The van der Waals surface area contributed by atoms with Crippen LogP contribution in [0, 0.1) is 0 Å². The number of carbonyl (C=O) groups is 2. The van der Waals surface area contributed by atoms with Crippen molar-refractivity contribution in [2.24, 2.45) is 0 Å². The number of pyridine rings is 1. The standard InChI is InChI=1S/C20H28N4O3/c1-20(2,3)24(19(26)27)16-6-11-23(12-7-16)18(25)8-13-22-10-5-15-4-9-21-14-17(15)22/h4-5,9-10,14,16H,6-8,11-13H2,1-3H3,(H,26,27). The highest BCUT2D eigenvalue weighted by Crippen LogP contribution is 2.25. The van der Waals surface area contributed by atoms with Gasteiger partial charge in [-0.25, -0.2) is 4.79 Å². The third-order valence-corrected chi connectivity index (χ3v) is 5.25. The molecule has 0 radical (unpaired) electrons. The quantitative estimate of drug-likeness (QED) is 0.894. The highest BCUT2D eigenvalue weighted by Gasteiger charge is 2.35. The molecule has 1 N–H and O–H groups in total. The second-order valence-electron chi connectivity index (χ2n) is 8.13. The minimum absolute atomic E-state index is 0.0361. The molecule has 2 aromatic rings. The van der Waals surface area contributed by atoms with Gasteiger partial charge in [0.15, 0.2) is 0 Å². The van der Waals surface area contributed by atoms with E-state index in [1.54, 1.807) is 6.20 Å². The van der Waals surface area contributed by atoms with E-state index in [0.717, 1.165) is 10.9 Å². The zero-order valence-electron chi connectivity index (χ0n) is 16.3. The number of likely N-dealkylation sites (tertiary alicyclic amines) is 1. The Kier molecular flexibility index (Phi) is 5.39. The molecule has 146 valence electrons. The molecule has 1 saturated heterocycles. The molecule has 2 amide bonds. The van der Waals surface area contributed by atoms with Crippen LogP contribution in [-0.2, 0) is 11.3 Å². The van der Waals surface area contributed by atoms with Crippen LogP contribution in [0.1, 0.15) is 40.0 Å². The Morgan fingerprint density at radius 3 is 2.59 bits per heavy atom. The molecule has 27 heavy (non-hydrogen) atoms. The number of amides is 2. The van der Waals surface area contributed by atoms with Gasteiger partial charge in [0.05, 0.1) is 11.7 Å². The van der Waals surface area contributed by atoms with Gasteiger partial charge < -0.3 is 19.5 Å². The predicted molar refractivity (Wildman–Crippen MR) is 104 cm³/mol. The highest BCUT2D eigenvalue weighted by atomic mass is 16.4. The maximum absolute atomic E-state index is 12.6. The largest absolute Gasteiger partial charge is 0.465 e. The maximum Gasteiger partial charge on any atom is 0.407 e. The number of rotatable bonds is 4. The van der Waals surface area contributed by atoms with Crippen LogP contribution >= 0.6 is 0 Å². The van der Waals surface area contributed by atoms with Gasteiger partial charge in [-0.3, -0.25) is 9.78 Å². The minimum Gasteiger partial charge on any atom is -0.465 e. The zero-order valence-corrected chi connectivity index (χ0v) is 16.3. The molecular weight excluding hydrogens is 344 g/mol. The van der Waals surface area contributed by atoms with E-state index >= 15 is 0 Å². The number of hydrogen-bond acceptors (Lipinski definition) is 3. The van der Waals surface area contributed by atoms with Gasteiger partial charge in [-0.1, -0.05) is 0 Å². The molecule has 0 atom stereocenters. The molecule has 0 saturated carbocycles. The molecular formula is C20H28N4O3. The van der Waals surface area contributed by atoms with Gasteiger partial charge in [0.1, 0.15) is 0 Å². The van der Waals surface area contributed by atoms with Crippen molar-refractivity contribution >= 4 is 22.9 Å². The van der Waals surface area contributed by atoms with Crippen molar-refractivity contribution in [1.29, 1.82) is 0 Å². The van der Waals surface area contributed by atoms with E-state index in [4.69, 9.17) is 0 Å². The summed E-state index contributed by atoms with van der Waals surface area (Å²) >= 11 is 0. The van der Waals surface area contributed by atoms with E-state index in [1.807, 2.05) is 50.2 Å². The Balaban J connectivity index is 1.55. The number of fused-ring (bicyclic) bond motifs is 1. The summed E-state index contributed by atoms with van der Waals surface area (Å²) in [5.41, 5.74) is 0.595. The molecule has 1 fully saturated rings. The van der Waals surface area contributed by atoms with E-state index in [0.29, 0.717) is 38.9 Å². The molecule has 0 aliphatic carbocycles. The van der Waals surface area contributed by atoms with Gasteiger partial charge >= 0.3 is 6.09 Å². The van der Waals surface area contributed by atoms with Gasteiger partial charge in [0, 0.05) is 55.4 Å². The molecule has 0 unspecified atom stereocenters. The maximum atomic E-state index is 12.6. The average molecular weight is 372 g/mol. The monoisotopic (exact) mass is 372 g/mol.